The molecule has 1 amide bonds. The lowest BCUT2D eigenvalue weighted by atomic mass is 10.1. The Hall–Kier alpha value is -0.570. The minimum atomic E-state index is -0.163. The molecule has 0 heterocycles. The van der Waals surface area contributed by atoms with Crippen LogP contribution in [0.3, 0.4) is 0 Å². The van der Waals surface area contributed by atoms with Crippen molar-refractivity contribution in [3.63, 3.8) is 0 Å². The second-order valence-electron chi connectivity index (χ2n) is 5.89. The fourth-order valence-corrected chi connectivity index (χ4v) is 2.49. The number of unbranched alkanes of at least 4 members (excludes halogenated alkanes) is 7. The Kier molecular flexibility index (Phi) is 14.4. The Labute approximate surface area is 126 Å². The number of carbonyl (C=O) groups excluding carboxylic acids is 1. The monoisotopic (exact) mass is 284 g/mol. The summed E-state index contributed by atoms with van der Waals surface area (Å²) in [6.07, 6.45) is 13.2. The van der Waals surface area contributed by atoms with Gasteiger partial charge in [0.05, 0.1) is 0 Å². The van der Waals surface area contributed by atoms with E-state index in [1.54, 1.807) is 0 Å². The number of primary amides is 1. The van der Waals surface area contributed by atoms with E-state index in [4.69, 9.17) is 5.73 Å². The molecule has 0 atom stereocenters. The highest BCUT2D eigenvalue weighted by Crippen LogP contribution is 2.07. The molecule has 3 nitrogen and oxygen atoms in total. The van der Waals surface area contributed by atoms with Crippen molar-refractivity contribution in [2.45, 2.75) is 84.5 Å². The summed E-state index contributed by atoms with van der Waals surface area (Å²) >= 11 is 0. The first-order chi connectivity index (χ1) is 9.70. The van der Waals surface area contributed by atoms with E-state index in [1.807, 2.05) is 0 Å². The summed E-state index contributed by atoms with van der Waals surface area (Å²) in [4.78, 5) is 13.3. The van der Waals surface area contributed by atoms with Crippen molar-refractivity contribution >= 4 is 5.91 Å². The van der Waals surface area contributed by atoms with E-state index >= 15 is 0 Å². The van der Waals surface area contributed by atoms with Crippen LogP contribution in [-0.2, 0) is 4.79 Å². The van der Waals surface area contributed by atoms with Crippen LogP contribution in [0.25, 0.3) is 0 Å². The largest absolute Gasteiger partial charge is 0.370 e. The maximum absolute atomic E-state index is 10.7. The average molecular weight is 284 g/mol. The van der Waals surface area contributed by atoms with Crippen molar-refractivity contribution < 1.29 is 4.79 Å². The van der Waals surface area contributed by atoms with Crippen molar-refractivity contribution in [2.24, 2.45) is 5.73 Å². The van der Waals surface area contributed by atoms with E-state index in [0.29, 0.717) is 6.42 Å². The predicted octanol–water partition coefficient (Wildman–Crippen LogP) is 4.10. The first-order valence-corrected chi connectivity index (χ1v) is 8.71. The van der Waals surface area contributed by atoms with Gasteiger partial charge < -0.3 is 10.6 Å². The quantitative estimate of drug-likeness (QED) is 0.460. The Morgan fingerprint density at radius 1 is 0.750 bits per heavy atom. The topological polar surface area (TPSA) is 46.3 Å². The van der Waals surface area contributed by atoms with Crippen LogP contribution in [0.4, 0.5) is 0 Å². The van der Waals surface area contributed by atoms with Crippen LogP contribution < -0.4 is 5.73 Å². The van der Waals surface area contributed by atoms with Gasteiger partial charge in [0, 0.05) is 6.42 Å². The lowest BCUT2D eigenvalue weighted by Crippen LogP contribution is -2.27. The van der Waals surface area contributed by atoms with Gasteiger partial charge in [0.25, 0.3) is 0 Å². The molecular formula is C17H36N2O. The molecule has 0 aliphatic rings. The highest BCUT2D eigenvalue weighted by atomic mass is 16.1. The molecule has 3 heteroatoms. The molecule has 0 fully saturated rings. The van der Waals surface area contributed by atoms with E-state index in [0.717, 1.165) is 12.8 Å². The third-order valence-corrected chi connectivity index (χ3v) is 3.80. The molecule has 0 rings (SSSR count). The summed E-state index contributed by atoms with van der Waals surface area (Å²) < 4.78 is 0. The number of carbonyl (C=O) groups is 1. The van der Waals surface area contributed by atoms with Crippen molar-refractivity contribution in [3.05, 3.63) is 0 Å². The van der Waals surface area contributed by atoms with Crippen LogP contribution in [0, 0.1) is 0 Å². The molecule has 0 saturated heterocycles. The first-order valence-electron chi connectivity index (χ1n) is 8.71. The Morgan fingerprint density at radius 3 is 1.70 bits per heavy atom. The standard InChI is InChI=1S/C17H36N2O/c1-3-5-7-11-15-19(14-10-6-4-2)16-12-8-9-13-17(18)20/h3-16H2,1-2H3,(H2,18,20). The molecule has 0 aliphatic carbocycles. The Balaban J connectivity index is 3.70. The summed E-state index contributed by atoms with van der Waals surface area (Å²) in [5.74, 6) is -0.163. The van der Waals surface area contributed by atoms with Gasteiger partial charge in [0.2, 0.25) is 5.91 Å². The molecule has 0 unspecified atom stereocenters. The zero-order chi connectivity index (χ0) is 15.1. The van der Waals surface area contributed by atoms with Crippen molar-refractivity contribution in [1.82, 2.24) is 4.90 Å². The van der Waals surface area contributed by atoms with Crippen LogP contribution in [0.15, 0.2) is 0 Å². The molecule has 0 aromatic rings. The zero-order valence-electron chi connectivity index (χ0n) is 13.8. The number of hydrogen-bond acceptors (Lipinski definition) is 2. The first kappa shape index (κ1) is 19.4. The summed E-state index contributed by atoms with van der Waals surface area (Å²) in [6, 6.07) is 0. The normalized spacial score (nSPS) is 11.2. The van der Waals surface area contributed by atoms with Crippen LogP contribution in [0.1, 0.15) is 84.5 Å². The second kappa shape index (κ2) is 14.8. The summed E-state index contributed by atoms with van der Waals surface area (Å²) in [6.45, 7) is 8.21. The predicted molar refractivity (Wildman–Crippen MR) is 87.8 cm³/mol. The van der Waals surface area contributed by atoms with Gasteiger partial charge in [-0.1, -0.05) is 52.4 Å². The second-order valence-corrected chi connectivity index (χ2v) is 5.89. The molecule has 0 aromatic carbocycles. The fourth-order valence-electron chi connectivity index (χ4n) is 2.49. The fraction of sp³-hybridized carbons (Fsp3) is 0.941. The van der Waals surface area contributed by atoms with Crippen LogP contribution in [0.2, 0.25) is 0 Å². The lowest BCUT2D eigenvalue weighted by molar-refractivity contribution is -0.118. The van der Waals surface area contributed by atoms with Crippen LogP contribution in [0.5, 0.6) is 0 Å². The molecule has 120 valence electrons. The van der Waals surface area contributed by atoms with E-state index < -0.39 is 0 Å². The average Bonchev–Trinajstić information content (AvgIpc) is 2.42. The van der Waals surface area contributed by atoms with Gasteiger partial charge in [-0.2, -0.15) is 0 Å². The molecule has 0 spiro atoms. The van der Waals surface area contributed by atoms with Crippen LogP contribution in [-0.4, -0.2) is 30.4 Å². The zero-order valence-corrected chi connectivity index (χ0v) is 13.8. The third-order valence-electron chi connectivity index (χ3n) is 3.80. The van der Waals surface area contributed by atoms with Gasteiger partial charge in [-0.3, -0.25) is 4.79 Å². The van der Waals surface area contributed by atoms with Crippen LogP contribution >= 0.6 is 0 Å². The molecule has 0 saturated carbocycles. The molecular weight excluding hydrogens is 248 g/mol. The SMILES string of the molecule is CCCCCCN(CCCCC)CCCCCC(N)=O. The maximum atomic E-state index is 10.7. The molecule has 20 heavy (non-hydrogen) atoms. The minimum absolute atomic E-state index is 0.163. The number of amides is 1. The highest BCUT2D eigenvalue weighted by molar-refractivity contribution is 5.73. The molecule has 0 aliphatic heterocycles. The Morgan fingerprint density at radius 2 is 1.20 bits per heavy atom. The van der Waals surface area contributed by atoms with Crippen molar-refractivity contribution in [2.75, 3.05) is 19.6 Å². The number of rotatable bonds is 15. The van der Waals surface area contributed by atoms with Crippen molar-refractivity contribution in [1.29, 1.82) is 0 Å². The minimum Gasteiger partial charge on any atom is -0.370 e. The highest BCUT2D eigenvalue weighted by Gasteiger charge is 2.04. The number of nitrogens with zero attached hydrogens (tertiary/aromatic N) is 1. The van der Waals surface area contributed by atoms with Gasteiger partial charge in [0.1, 0.15) is 0 Å². The molecule has 0 bridgehead atoms. The van der Waals surface area contributed by atoms with E-state index in [-0.39, 0.29) is 5.91 Å². The molecule has 0 aromatic heterocycles. The van der Waals surface area contributed by atoms with Gasteiger partial charge in [-0.15, -0.1) is 0 Å². The van der Waals surface area contributed by atoms with E-state index in [9.17, 15) is 4.79 Å². The lowest BCUT2D eigenvalue weighted by Gasteiger charge is -2.22. The van der Waals surface area contributed by atoms with E-state index in [2.05, 4.69) is 18.7 Å². The summed E-state index contributed by atoms with van der Waals surface area (Å²) in [5, 5.41) is 0. The number of hydrogen-bond donors (Lipinski definition) is 1. The third kappa shape index (κ3) is 13.9. The summed E-state index contributed by atoms with van der Waals surface area (Å²) in [5.41, 5.74) is 5.16. The van der Waals surface area contributed by atoms with Gasteiger partial charge >= 0.3 is 0 Å². The number of nitrogens with two attached hydrogens (primary N) is 1. The Bertz CT molecular complexity index is 219. The van der Waals surface area contributed by atoms with Gasteiger partial charge in [0.15, 0.2) is 0 Å². The summed E-state index contributed by atoms with van der Waals surface area (Å²) in [7, 11) is 0. The molecule has 0 radical (unpaired) electrons. The van der Waals surface area contributed by atoms with Crippen molar-refractivity contribution in [3.8, 4) is 0 Å². The smallest absolute Gasteiger partial charge is 0.217 e. The van der Waals surface area contributed by atoms with Gasteiger partial charge in [-0.25, -0.2) is 0 Å². The maximum Gasteiger partial charge on any atom is 0.217 e. The van der Waals surface area contributed by atoms with Gasteiger partial charge in [-0.05, 0) is 45.3 Å². The van der Waals surface area contributed by atoms with E-state index in [1.165, 1.54) is 71.0 Å². The molecule has 2 N–H and O–H groups in total.